The van der Waals surface area contributed by atoms with Gasteiger partial charge in [-0.15, -0.1) is 5.10 Å². The molecule has 2 aromatic heterocycles. The summed E-state index contributed by atoms with van der Waals surface area (Å²) in [4.78, 5) is 18.0. The number of carbonyl (C=O) groups is 1. The van der Waals surface area contributed by atoms with Gasteiger partial charge in [0.15, 0.2) is 5.82 Å². The Hall–Kier alpha value is -2.51. The first kappa shape index (κ1) is 11.0. The van der Waals surface area contributed by atoms with Gasteiger partial charge in [0, 0.05) is 13.2 Å². The molecule has 7 nitrogen and oxygen atoms in total. The van der Waals surface area contributed by atoms with Gasteiger partial charge in [-0.2, -0.15) is 4.98 Å². The highest BCUT2D eigenvalue weighted by atomic mass is 19.1. The van der Waals surface area contributed by atoms with E-state index in [4.69, 9.17) is 9.84 Å². The second-order valence-corrected chi connectivity index (χ2v) is 3.09. The molecule has 0 aliphatic heterocycles. The minimum atomic E-state index is -1.40. The zero-order valence-electron chi connectivity index (χ0n) is 8.66. The van der Waals surface area contributed by atoms with Crippen LogP contribution in [0.3, 0.4) is 0 Å². The Balaban J connectivity index is 2.33. The van der Waals surface area contributed by atoms with E-state index in [9.17, 15) is 9.18 Å². The van der Waals surface area contributed by atoms with Gasteiger partial charge in [-0.3, -0.25) is 4.68 Å². The molecule has 0 saturated heterocycles. The monoisotopic (exact) mass is 238 g/mol. The van der Waals surface area contributed by atoms with Crippen molar-refractivity contribution in [2.75, 3.05) is 0 Å². The Labute approximate surface area is 94.5 Å². The number of aromatic carboxylic acids is 1. The molecule has 0 aromatic carbocycles. The van der Waals surface area contributed by atoms with Crippen LogP contribution in [0.15, 0.2) is 18.6 Å². The van der Waals surface area contributed by atoms with Gasteiger partial charge in [0.2, 0.25) is 0 Å². The molecule has 0 bridgehead atoms. The van der Waals surface area contributed by atoms with Crippen molar-refractivity contribution in [3.63, 3.8) is 0 Å². The van der Waals surface area contributed by atoms with E-state index in [0.717, 1.165) is 12.3 Å². The van der Waals surface area contributed by atoms with E-state index in [1.165, 1.54) is 11.0 Å². The molecule has 0 spiro atoms. The number of aromatic nitrogens is 4. The topological polar surface area (TPSA) is 90.1 Å². The van der Waals surface area contributed by atoms with Crippen molar-refractivity contribution < 1.29 is 19.0 Å². The molecule has 2 aromatic rings. The number of pyridine rings is 1. The first-order valence-electron chi connectivity index (χ1n) is 4.49. The second-order valence-electron chi connectivity index (χ2n) is 3.09. The number of aryl methyl sites for hydroxylation is 1. The van der Waals surface area contributed by atoms with Gasteiger partial charge in [0.05, 0.1) is 0 Å². The van der Waals surface area contributed by atoms with Crippen LogP contribution in [-0.2, 0) is 7.05 Å². The van der Waals surface area contributed by atoms with Crippen LogP contribution in [-0.4, -0.2) is 30.8 Å². The SMILES string of the molecule is Cn1cnc(Oc2nccc(C(=O)O)c2F)n1. The average Bonchev–Trinajstić information content (AvgIpc) is 2.67. The highest BCUT2D eigenvalue weighted by molar-refractivity contribution is 5.88. The number of hydrogen-bond acceptors (Lipinski definition) is 5. The van der Waals surface area contributed by atoms with Crippen LogP contribution in [0.25, 0.3) is 0 Å². The summed E-state index contributed by atoms with van der Waals surface area (Å²) in [5, 5.41) is 12.5. The van der Waals surface area contributed by atoms with Crippen LogP contribution >= 0.6 is 0 Å². The van der Waals surface area contributed by atoms with Gasteiger partial charge >= 0.3 is 12.0 Å². The molecule has 2 rings (SSSR count). The lowest BCUT2D eigenvalue weighted by Gasteiger charge is -2.02. The van der Waals surface area contributed by atoms with Crippen LogP contribution in [0.1, 0.15) is 10.4 Å². The van der Waals surface area contributed by atoms with E-state index in [0.29, 0.717) is 0 Å². The maximum Gasteiger partial charge on any atom is 0.342 e. The smallest absolute Gasteiger partial charge is 0.342 e. The quantitative estimate of drug-likeness (QED) is 0.852. The highest BCUT2D eigenvalue weighted by Crippen LogP contribution is 2.21. The Morgan fingerprint density at radius 3 is 2.88 bits per heavy atom. The fraction of sp³-hybridized carbons (Fsp3) is 0.111. The predicted molar refractivity (Wildman–Crippen MR) is 52.2 cm³/mol. The van der Waals surface area contributed by atoms with E-state index in [1.54, 1.807) is 7.05 Å². The van der Waals surface area contributed by atoms with Crippen molar-refractivity contribution in [1.29, 1.82) is 0 Å². The van der Waals surface area contributed by atoms with E-state index in [-0.39, 0.29) is 6.01 Å². The summed E-state index contributed by atoms with van der Waals surface area (Å²) < 4.78 is 19.9. The van der Waals surface area contributed by atoms with Crippen molar-refractivity contribution >= 4 is 5.97 Å². The second kappa shape index (κ2) is 4.16. The third-order valence-electron chi connectivity index (χ3n) is 1.85. The first-order chi connectivity index (χ1) is 8.08. The standard InChI is InChI=1S/C9H7FN4O3/c1-14-4-12-9(13-14)17-7-6(10)5(8(15)16)2-3-11-7/h2-4H,1H3,(H,15,16). The third-order valence-corrected chi connectivity index (χ3v) is 1.85. The van der Waals surface area contributed by atoms with Crippen LogP contribution in [0.4, 0.5) is 4.39 Å². The molecular weight excluding hydrogens is 231 g/mol. The summed E-state index contributed by atoms with van der Waals surface area (Å²) in [6.07, 6.45) is 2.49. The van der Waals surface area contributed by atoms with Gasteiger partial charge < -0.3 is 9.84 Å². The van der Waals surface area contributed by atoms with Gasteiger partial charge in [-0.05, 0) is 6.07 Å². The highest BCUT2D eigenvalue weighted by Gasteiger charge is 2.17. The summed E-state index contributed by atoms with van der Waals surface area (Å²) in [6, 6.07) is 0.928. The molecular formula is C9H7FN4O3. The van der Waals surface area contributed by atoms with E-state index >= 15 is 0 Å². The normalized spacial score (nSPS) is 10.2. The Kier molecular flexibility index (Phi) is 2.69. The number of ether oxygens (including phenoxy) is 1. The summed E-state index contributed by atoms with van der Waals surface area (Å²) in [7, 11) is 1.61. The summed E-state index contributed by atoms with van der Waals surface area (Å²) >= 11 is 0. The Morgan fingerprint density at radius 2 is 2.29 bits per heavy atom. The van der Waals surface area contributed by atoms with Crippen molar-refractivity contribution in [3.8, 4) is 11.9 Å². The number of rotatable bonds is 3. The molecule has 17 heavy (non-hydrogen) atoms. The van der Waals surface area contributed by atoms with Crippen LogP contribution in [0.2, 0.25) is 0 Å². The molecule has 0 amide bonds. The maximum absolute atomic E-state index is 13.6. The van der Waals surface area contributed by atoms with Crippen molar-refractivity contribution in [3.05, 3.63) is 30.0 Å². The lowest BCUT2D eigenvalue weighted by molar-refractivity contribution is 0.0690. The fourth-order valence-electron chi connectivity index (χ4n) is 1.11. The summed E-state index contributed by atoms with van der Waals surface area (Å²) in [5.74, 6) is -2.94. The van der Waals surface area contributed by atoms with Crippen LogP contribution in [0.5, 0.6) is 11.9 Å². The maximum atomic E-state index is 13.6. The van der Waals surface area contributed by atoms with Gasteiger partial charge in [-0.25, -0.2) is 14.2 Å². The van der Waals surface area contributed by atoms with Crippen molar-refractivity contribution in [2.45, 2.75) is 0 Å². The Morgan fingerprint density at radius 1 is 1.53 bits per heavy atom. The molecule has 0 aliphatic carbocycles. The lowest BCUT2D eigenvalue weighted by atomic mass is 10.2. The number of halogens is 1. The lowest BCUT2D eigenvalue weighted by Crippen LogP contribution is -2.04. The van der Waals surface area contributed by atoms with Crippen molar-refractivity contribution in [1.82, 2.24) is 19.7 Å². The first-order valence-corrected chi connectivity index (χ1v) is 4.49. The molecule has 8 heteroatoms. The molecule has 0 aliphatic rings. The molecule has 1 N–H and O–H groups in total. The van der Waals surface area contributed by atoms with Gasteiger partial charge in [-0.1, -0.05) is 0 Å². The number of carboxylic acid groups (broad SMARTS) is 1. The van der Waals surface area contributed by atoms with Crippen LogP contribution < -0.4 is 4.74 Å². The molecule has 2 heterocycles. The minimum absolute atomic E-state index is 0.110. The molecule has 0 saturated carbocycles. The molecule has 0 unspecified atom stereocenters. The molecule has 0 fully saturated rings. The predicted octanol–water partition coefficient (Wildman–Crippen LogP) is 0.840. The Bertz CT molecular complexity index is 569. The van der Waals surface area contributed by atoms with E-state index in [2.05, 4.69) is 15.1 Å². The molecule has 0 radical (unpaired) electrons. The molecule has 0 atom stereocenters. The fourth-order valence-corrected chi connectivity index (χ4v) is 1.11. The third kappa shape index (κ3) is 2.19. The zero-order valence-corrected chi connectivity index (χ0v) is 8.66. The largest absolute Gasteiger partial charge is 0.478 e. The summed E-state index contributed by atoms with van der Waals surface area (Å²) in [6.45, 7) is 0. The number of nitrogens with zero attached hydrogens (tertiary/aromatic N) is 4. The number of hydrogen-bond donors (Lipinski definition) is 1. The van der Waals surface area contributed by atoms with E-state index in [1.807, 2.05) is 0 Å². The molecule has 88 valence electrons. The zero-order chi connectivity index (χ0) is 12.4. The van der Waals surface area contributed by atoms with Gasteiger partial charge in [0.25, 0.3) is 5.88 Å². The minimum Gasteiger partial charge on any atom is -0.478 e. The summed E-state index contributed by atoms with van der Waals surface area (Å²) in [5.41, 5.74) is -0.522. The van der Waals surface area contributed by atoms with Crippen molar-refractivity contribution in [2.24, 2.45) is 7.05 Å². The van der Waals surface area contributed by atoms with Gasteiger partial charge in [0.1, 0.15) is 11.9 Å². The number of carboxylic acids is 1. The van der Waals surface area contributed by atoms with Crippen LogP contribution in [0, 0.1) is 5.82 Å². The van der Waals surface area contributed by atoms with E-state index < -0.39 is 23.2 Å². The average molecular weight is 238 g/mol.